The van der Waals surface area contributed by atoms with Crippen LogP contribution in [-0.2, 0) is 16.1 Å². The first-order valence-electron chi connectivity index (χ1n) is 8.26. The number of ether oxygens (including phenoxy) is 1. The van der Waals surface area contributed by atoms with E-state index >= 15 is 0 Å². The van der Waals surface area contributed by atoms with Crippen LogP contribution in [0.15, 0.2) is 24.3 Å². The predicted molar refractivity (Wildman–Crippen MR) is 87.3 cm³/mol. The lowest BCUT2D eigenvalue weighted by Crippen LogP contribution is -2.39. The summed E-state index contributed by atoms with van der Waals surface area (Å²) in [5.41, 5.74) is 0.862. The number of hydrogen-bond acceptors (Lipinski definition) is 3. The maximum absolute atomic E-state index is 12.6. The molecule has 1 aliphatic carbocycles. The molecule has 23 heavy (non-hydrogen) atoms. The van der Waals surface area contributed by atoms with E-state index in [1.54, 1.807) is 24.3 Å². The van der Waals surface area contributed by atoms with Crippen molar-refractivity contribution in [2.45, 2.75) is 45.6 Å². The van der Waals surface area contributed by atoms with E-state index < -0.39 is 5.97 Å². The molecule has 0 heterocycles. The highest BCUT2D eigenvalue weighted by atomic mass is 16.5. The SMILES string of the molecule is CCOCCC1(C(=O)NCc2ccc(C(=O)O)cc2)CCCC1. The van der Waals surface area contributed by atoms with Gasteiger partial charge in [0.2, 0.25) is 5.91 Å². The Bertz CT molecular complexity index is 532. The summed E-state index contributed by atoms with van der Waals surface area (Å²) in [4.78, 5) is 23.5. The standard InChI is InChI=1S/C18H25NO4/c1-2-23-12-11-18(9-3-4-10-18)17(22)19-13-14-5-7-15(8-6-14)16(20)21/h5-8H,2-4,9-13H2,1H3,(H,19,22)(H,20,21). The number of carboxylic acid groups (broad SMARTS) is 1. The van der Waals surface area contributed by atoms with Crippen molar-refractivity contribution in [3.63, 3.8) is 0 Å². The molecule has 0 aliphatic heterocycles. The van der Waals surface area contributed by atoms with Crippen molar-refractivity contribution in [2.24, 2.45) is 5.41 Å². The van der Waals surface area contributed by atoms with Crippen LogP contribution in [0.3, 0.4) is 0 Å². The first kappa shape index (κ1) is 17.5. The fourth-order valence-corrected chi connectivity index (χ4v) is 3.19. The van der Waals surface area contributed by atoms with Gasteiger partial charge in [0.25, 0.3) is 0 Å². The summed E-state index contributed by atoms with van der Waals surface area (Å²) in [6, 6.07) is 6.60. The van der Waals surface area contributed by atoms with Crippen molar-refractivity contribution in [3.05, 3.63) is 35.4 Å². The normalized spacial score (nSPS) is 16.2. The fraction of sp³-hybridized carbons (Fsp3) is 0.556. The maximum Gasteiger partial charge on any atom is 0.335 e. The fourth-order valence-electron chi connectivity index (χ4n) is 3.19. The number of carbonyl (C=O) groups excluding carboxylic acids is 1. The van der Waals surface area contributed by atoms with Gasteiger partial charge in [0.1, 0.15) is 0 Å². The summed E-state index contributed by atoms with van der Waals surface area (Å²) in [5, 5.41) is 11.9. The van der Waals surface area contributed by atoms with E-state index in [1.165, 1.54) is 0 Å². The summed E-state index contributed by atoms with van der Waals surface area (Å²) in [6.45, 7) is 3.68. The van der Waals surface area contributed by atoms with Gasteiger partial charge in [-0.15, -0.1) is 0 Å². The van der Waals surface area contributed by atoms with Crippen molar-refractivity contribution in [3.8, 4) is 0 Å². The minimum absolute atomic E-state index is 0.0945. The van der Waals surface area contributed by atoms with Gasteiger partial charge in [0.15, 0.2) is 0 Å². The van der Waals surface area contributed by atoms with Gasteiger partial charge < -0.3 is 15.2 Å². The second-order valence-electron chi connectivity index (χ2n) is 6.12. The molecule has 1 aliphatic rings. The number of aromatic carboxylic acids is 1. The molecule has 0 unspecified atom stereocenters. The van der Waals surface area contributed by atoms with E-state index in [-0.39, 0.29) is 16.9 Å². The molecule has 0 atom stereocenters. The highest BCUT2D eigenvalue weighted by Crippen LogP contribution is 2.41. The van der Waals surface area contributed by atoms with Crippen LogP contribution >= 0.6 is 0 Å². The van der Waals surface area contributed by atoms with E-state index in [4.69, 9.17) is 9.84 Å². The maximum atomic E-state index is 12.6. The molecule has 5 heteroatoms. The molecule has 1 aromatic rings. The lowest BCUT2D eigenvalue weighted by Gasteiger charge is -2.27. The van der Waals surface area contributed by atoms with Crippen LogP contribution < -0.4 is 5.32 Å². The van der Waals surface area contributed by atoms with Crippen LogP contribution in [0.4, 0.5) is 0 Å². The first-order valence-corrected chi connectivity index (χ1v) is 8.26. The molecule has 0 aromatic heterocycles. The van der Waals surface area contributed by atoms with E-state index in [9.17, 15) is 9.59 Å². The van der Waals surface area contributed by atoms with Crippen LogP contribution in [0.2, 0.25) is 0 Å². The smallest absolute Gasteiger partial charge is 0.335 e. The second kappa shape index (κ2) is 8.11. The third kappa shape index (κ3) is 4.55. The third-order valence-electron chi connectivity index (χ3n) is 4.63. The highest BCUT2D eigenvalue weighted by molar-refractivity contribution is 5.87. The molecule has 0 radical (unpaired) electrons. The summed E-state index contributed by atoms with van der Waals surface area (Å²) < 4.78 is 5.43. The van der Waals surface area contributed by atoms with Crippen molar-refractivity contribution < 1.29 is 19.4 Å². The van der Waals surface area contributed by atoms with Gasteiger partial charge in [0.05, 0.1) is 11.0 Å². The van der Waals surface area contributed by atoms with Crippen molar-refractivity contribution >= 4 is 11.9 Å². The molecule has 5 nitrogen and oxygen atoms in total. The van der Waals surface area contributed by atoms with Crippen LogP contribution in [0.5, 0.6) is 0 Å². The first-order chi connectivity index (χ1) is 11.1. The Morgan fingerprint density at radius 3 is 2.43 bits per heavy atom. The molecule has 2 rings (SSSR count). The molecule has 126 valence electrons. The van der Waals surface area contributed by atoms with Gasteiger partial charge in [-0.3, -0.25) is 4.79 Å². The second-order valence-corrected chi connectivity index (χ2v) is 6.12. The Labute approximate surface area is 137 Å². The summed E-state index contributed by atoms with van der Waals surface area (Å²) >= 11 is 0. The van der Waals surface area contributed by atoms with Crippen LogP contribution in [0.25, 0.3) is 0 Å². The summed E-state index contributed by atoms with van der Waals surface area (Å²) in [5.74, 6) is -0.849. The van der Waals surface area contributed by atoms with Crippen LogP contribution in [0.1, 0.15) is 54.9 Å². The monoisotopic (exact) mass is 319 g/mol. The molecule has 0 saturated heterocycles. The van der Waals surface area contributed by atoms with E-state index in [0.717, 1.165) is 37.7 Å². The molecule has 1 aromatic carbocycles. The number of hydrogen-bond donors (Lipinski definition) is 2. The molecule has 1 fully saturated rings. The number of benzene rings is 1. The molecular weight excluding hydrogens is 294 g/mol. The van der Waals surface area contributed by atoms with E-state index in [0.29, 0.717) is 19.8 Å². The molecule has 2 N–H and O–H groups in total. The zero-order valence-electron chi connectivity index (χ0n) is 13.6. The number of amides is 1. The quantitative estimate of drug-likeness (QED) is 0.722. The largest absolute Gasteiger partial charge is 0.478 e. The Hall–Kier alpha value is -1.88. The Morgan fingerprint density at radius 2 is 1.87 bits per heavy atom. The van der Waals surface area contributed by atoms with Gasteiger partial charge >= 0.3 is 5.97 Å². The van der Waals surface area contributed by atoms with Gasteiger partial charge in [0, 0.05) is 19.8 Å². The summed E-state index contributed by atoms with van der Waals surface area (Å²) in [7, 11) is 0. The molecule has 1 amide bonds. The number of nitrogens with one attached hydrogen (secondary N) is 1. The zero-order valence-corrected chi connectivity index (χ0v) is 13.6. The van der Waals surface area contributed by atoms with Crippen LogP contribution in [0, 0.1) is 5.41 Å². The molecule has 0 bridgehead atoms. The average molecular weight is 319 g/mol. The lowest BCUT2D eigenvalue weighted by atomic mass is 9.82. The highest BCUT2D eigenvalue weighted by Gasteiger charge is 2.40. The number of rotatable bonds is 8. The zero-order chi connectivity index (χ0) is 16.7. The molecule has 1 saturated carbocycles. The minimum atomic E-state index is -0.943. The van der Waals surface area contributed by atoms with Gasteiger partial charge in [-0.05, 0) is 43.9 Å². The van der Waals surface area contributed by atoms with Gasteiger partial charge in [-0.2, -0.15) is 0 Å². The van der Waals surface area contributed by atoms with Gasteiger partial charge in [-0.1, -0.05) is 25.0 Å². The van der Waals surface area contributed by atoms with Crippen molar-refractivity contribution in [1.82, 2.24) is 5.32 Å². The molecular formula is C18H25NO4. The Balaban J connectivity index is 1.92. The predicted octanol–water partition coefficient (Wildman–Crippen LogP) is 2.99. The minimum Gasteiger partial charge on any atom is -0.478 e. The Kier molecular flexibility index (Phi) is 6.16. The lowest BCUT2D eigenvalue weighted by molar-refractivity contribution is -0.132. The van der Waals surface area contributed by atoms with Crippen molar-refractivity contribution in [1.29, 1.82) is 0 Å². The summed E-state index contributed by atoms with van der Waals surface area (Å²) in [6.07, 6.45) is 4.79. The number of carbonyl (C=O) groups is 2. The van der Waals surface area contributed by atoms with E-state index in [1.807, 2.05) is 6.92 Å². The van der Waals surface area contributed by atoms with Gasteiger partial charge in [-0.25, -0.2) is 4.79 Å². The van der Waals surface area contributed by atoms with Crippen molar-refractivity contribution in [2.75, 3.05) is 13.2 Å². The van der Waals surface area contributed by atoms with Crippen LogP contribution in [-0.4, -0.2) is 30.2 Å². The average Bonchev–Trinajstić information content (AvgIpc) is 3.03. The molecule has 0 spiro atoms. The topological polar surface area (TPSA) is 75.6 Å². The van der Waals surface area contributed by atoms with E-state index in [2.05, 4.69) is 5.32 Å². The Morgan fingerprint density at radius 1 is 1.22 bits per heavy atom. The third-order valence-corrected chi connectivity index (χ3v) is 4.63. The number of carboxylic acids is 1.